The van der Waals surface area contributed by atoms with Gasteiger partial charge in [0.25, 0.3) is 0 Å². The Labute approximate surface area is 200 Å². The van der Waals surface area contributed by atoms with Crippen molar-refractivity contribution < 1.29 is 27.5 Å². The fourth-order valence-electron chi connectivity index (χ4n) is 5.89. The molecule has 1 spiro atoms. The third-order valence-electron chi connectivity index (χ3n) is 7.68. The summed E-state index contributed by atoms with van der Waals surface area (Å²) in [4.78, 5) is 37.2. The number of carbonyl (C=O) groups is 3. The molecule has 0 heterocycles. The molecule has 0 bridgehead atoms. The highest BCUT2D eigenvalue weighted by Crippen LogP contribution is 2.69. The summed E-state index contributed by atoms with van der Waals surface area (Å²) >= 11 is 0. The molecule has 0 saturated heterocycles. The number of amides is 3. The quantitative estimate of drug-likeness (QED) is 0.468. The van der Waals surface area contributed by atoms with E-state index in [1.807, 2.05) is 25.2 Å². The molecule has 3 fully saturated rings. The molecule has 9 nitrogen and oxygen atoms in total. The predicted molar refractivity (Wildman–Crippen MR) is 126 cm³/mol. The number of carbonyl (C=O) groups excluding carboxylic acids is 3. The van der Waals surface area contributed by atoms with Crippen LogP contribution in [0, 0.1) is 23.2 Å². The Bertz CT molecular complexity index is 1090. The van der Waals surface area contributed by atoms with Crippen molar-refractivity contribution in [3.05, 3.63) is 35.5 Å². The van der Waals surface area contributed by atoms with E-state index in [1.54, 1.807) is 0 Å². The number of primary amides is 1. The van der Waals surface area contributed by atoms with E-state index in [1.165, 1.54) is 5.57 Å². The van der Waals surface area contributed by atoms with E-state index in [0.29, 0.717) is 13.0 Å². The largest absolute Gasteiger partial charge is 0.445 e. The van der Waals surface area contributed by atoms with Gasteiger partial charge in [0.05, 0.1) is 5.75 Å². The number of hydrogen-bond acceptors (Lipinski definition) is 6. The fraction of sp³-hybridized carbons (Fsp3) is 0.625. The molecule has 3 saturated carbocycles. The van der Waals surface area contributed by atoms with Crippen LogP contribution < -0.4 is 16.4 Å². The van der Waals surface area contributed by atoms with Crippen LogP contribution in [0.3, 0.4) is 0 Å². The molecule has 0 aliphatic heterocycles. The van der Waals surface area contributed by atoms with Gasteiger partial charge < -0.3 is 21.1 Å². The minimum absolute atomic E-state index is 0.109. The van der Waals surface area contributed by atoms with Crippen molar-refractivity contribution in [2.24, 2.45) is 28.9 Å². The van der Waals surface area contributed by atoms with Gasteiger partial charge in [0.1, 0.15) is 22.0 Å². The first-order valence-electron chi connectivity index (χ1n) is 11.8. The number of allylic oxidation sites excluding steroid dienone is 4. The van der Waals surface area contributed by atoms with Crippen molar-refractivity contribution in [3.63, 3.8) is 0 Å². The molecular formula is C24H33N3O6S. The van der Waals surface area contributed by atoms with Crippen LogP contribution in [0.5, 0.6) is 0 Å². The molecule has 4 N–H and O–H groups in total. The zero-order chi connectivity index (χ0) is 24.7. The van der Waals surface area contributed by atoms with E-state index >= 15 is 0 Å². The molecule has 3 amide bonds. The highest BCUT2D eigenvalue weighted by Gasteiger charge is 2.67. The van der Waals surface area contributed by atoms with Crippen molar-refractivity contribution in [1.82, 2.24) is 10.6 Å². The molecule has 4 unspecified atom stereocenters. The standard InChI is InChI=1S/C24H33N3O6S/c1-3-26-22(30)33-13-15-7-9-17-18(10-8-15)23(17)11-5-4-6-19(23)20(28)27-24(21(25)29)12-16(24)14-34(2,31)32/h7-10,16-17,19H,3-6,11-14H2,1-2H3,(H2,25,29)(H,26,30)(H,27,28)/t16?,17?,19-,23?,24?/m0/s1. The summed E-state index contributed by atoms with van der Waals surface area (Å²) in [7, 11) is -3.30. The second-order valence-corrected chi connectivity index (χ2v) is 12.1. The molecule has 186 valence electrons. The van der Waals surface area contributed by atoms with Crippen LogP contribution in [0.1, 0.15) is 39.0 Å². The van der Waals surface area contributed by atoms with E-state index in [-0.39, 0.29) is 41.9 Å². The maximum Gasteiger partial charge on any atom is 0.407 e. The van der Waals surface area contributed by atoms with Crippen LogP contribution in [0.2, 0.25) is 0 Å². The molecule has 10 heteroatoms. The number of hydrogen-bond donors (Lipinski definition) is 3. The Morgan fingerprint density at radius 1 is 1.24 bits per heavy atom. The van der Waals surface area contributed by atoms with Crippen LogP contribution in [0.4, 0.5) is 4.79 Å². The Balaban J connectivity index is 1.48. The minimum Gasteiger partial charge on any atom is -0.445 e. The number of fused-ring (bicyclic) bond motifs is 3. The molecule has 0 aromatic heterocycles. The zero-order valence-electron chi connectivity index (χ0n) is 19.6. The smallest absolute Gasteiger partial charge is 0.407 e. The van der Waals surface area contributed by atoms with Crippen molar-refractivity contribution in [3.8, 4) is 0 Å². The lowest BCUT2D eigenvalue weighted by Crippen LogP contribution is -2.52. The van der Waals surface area contributed by atoms with Gasteiger partial charge in [-0.15, -0.1) is 0 Å². The van der Waals surface area contributed by atoms with Crippen molar-refractivity contribution in [2.45, 2.75) is 44.6 Å². The van der Waals surface area contributed by atoms with Crippen LogP contribution in [0.25, 0.3) is 0 Å². The highest BCUT2D eigenvalue weighted by molar-refractivity contribution is 7.90. The van der Waals surface area contributed by atoms with Crippen LogP contribution in [-0.4, -0.2) is 57.0 Å². The van der Waals surface area contributed by atoms with E-state index in [0.717, 1.165) is 31.1 Å². The van der Waals surface area contributed by atoms with Gasteiger partial charge in [-0.05, 0) is 31.8 Å². The molecule has 0 radical (unpaired) electrons. The summed E-state index contributed by atoms with van der Waals surface area (Å²) in [5, 5.41) is 5.47. The Morgan fingerprint density at radius 2 is 2.00 bits per heavy atom. The topological polar surface area (TPSA) is 145 Å². The van der Waals surface area contributed by atoms with Gasteiger partial charge in [-0.1, -0.05) is 42.7 Å². The van der Waals surface area contributed by atoms with Crippen LogP contribution in [0.15, 0.2) is 35.5 Å². The third kappa shape index (κ3) is 4.52. The molecule has 34 heavy (non-hydrogen) atoms. The van der Waals surface area contributed by atoms with Gasteiger partial charge in [0.15, 0.2) is 0 Å². The normalized spacial score (nSPS) is 33.6. The van der Waals surface area contributed by atoms with E-state index in [9.17, 15) is 22.8 Å². The monoisotopic (exact) mass is 491 g/mol. The van der Waals surface area contributed by atoms with Crippen LogP contribution in [-0.2, 0) is 24.2 Å². The summed E-state index contributed by atoms with van der Waals surface area (Å²) < 4.78 is 28.6. The summed E-state index contributed by atoms with van der Waals surface area (Å²) in [5.41, 5.74) is 6.08. The molecule has 4 rings (SSSR count). The van der Waals surface area contributed by atoms with Crippen molar-refractivity contribution in [1.29, 1.82) is 0 Å². The lowest BCUT2D eigenvalue weighted by Gasteiger charge is -2.33. The fourth-order valence-corrected chi connectivity index (χ4v) is 7.03. The maximum absolute atomic E-state index is 13.5. The maximum atomic E-state index is 13.5. The van der Waals surface area contributed by atoms with Gasteiger partial charge in [0, 0.05) is 36.0 Å². The number of alkyl carbamates (subject to hydrolysis) is 1. The van der Waals surface area contributed by atoms with Crippen LogP contribution >= 0.6 is 0 Å². The SMILES string of the molecule is CCNC(=O)OCC1=CC=C2C(C=C1)C21CCCC[C@H]1C(=O)NC1(C(N)=O)CC1CS(C)(=O)=O. The van der Waals surface area contributed by atoms with Gasteiger partial charge in [-0.25, -0.2) is 13.2 Å². The molecule has 4 aliphatic carbocycles. The number of sulfone groups is 1. The number of nitrogens with one attached hydrogen (secondary N) is 2. The number of nitrogens with two attached hydrogens (primary N) is 1. The Hall–Kier alpha value is -2.62. The zero-order valence-corrected chi connectivity index (χ0v) is 20.4. The lowest BCUT2D eigenvalue weighted by atomic mass is 9.73. The highest BCUT2D eigenvalue weighted by atomic mass is 32.2. The summed E-state index contributed by atoms with van der Waals surface area (Å²) in [6.07, 6.45) is 12.4. The van der Waals surface area contributed by atoms with Gasteiger partial charge in [-0.3, -0.25) is 9.59 Å². The van der Waals surface area contributed by atoms with Gasteiger partial charge >= 0.3 is 6.09 Å². The molecule has 0 aromatic rings. The van der Waals surface area contributed by atoms with Crippen molar-refractivity contribution >= 4 is 27.7 Å². The Morgan fingerprint density at radius 3 is 2.68 bits per heavy atom. The first-order valence-corrected chi connectivity index (χ1v) is 13.9. The summed E-state index contributed by atoms with van der Waals surface area (Å²) in [6, 6.07) is 0. The summed E-state index contributed by atoms with van der Waals surface area (Å²) in [5.74, 6) is -1.75. The molecule has 5 atom stereocenters. The van der Waals surface area contributed by atoms with E-state index < -0.39 is 33.3 Å². The van der Waals surface area contributed by atoms with Crippen molar-refractivity contribution in [2.75, 3.05) is 25.2 Å². The third-order valence-corrected chi connectivity index (χ3v) is 8.69. The summed E-state index contributed by atoms with van der Waals surface area (Å²) in [6.45, 7) is 2.48. The van der Waals surface area contributed by atoms with E-state index in [4.69, 9.17) is 10.5 Å². The van der Waals surface area contributed by atoms with Gasteiger partial charge in [0.2, 0.25) is 11.8 Å². The first-order chi connectivity index (χ1) is 16.0. The van der Waals surface area contributed by atoms with Gasteiger partial charge in [-0.2, -0.15) is 0 Å². The number of ether oxygens (including phenoxy) is 1. The average molecular weight is 492 g/mol. The first kappa shape index (κ1) is 24.5. The average Bonchev–Trinajstić information content (AvgIpc) is 3.62. The Kier molecular flexibility index (Phi) is 6.39. The van der Waals surface area contributed by atoms with E-state index in [2.05, 4.69) is 16.7 Å². The second kappa shape index (κ2) is 8.87. The number of rotatable bonds is 8. The minimum atomic E-state index is -3.30. The second-order valence-electron chi connectivity index (χ2n) is 9.96. The molecular weight excluding hydrogens is 458 g/mol. The molecule has 4 aliphatic rings. The molecule has 0 aromatic carbocycles. The lowest BCUT2D eigenvalue weighted by molar-refractivity contribution is -0.133. The predicted octanol–water partition coefficient (Wildman–Crippen LogP) is 1.37.